The molecule has 0 N–H and O–H groups in total. The topological polar surface area (TPSA) is 34.6 Å². The van der Waals surface area contributed by atoms with Gasteiger partial charge in [-0.1, -0.05) is 42.5 Å². The number of hydrogen-bond acceptors (Lipinski definition) is 4. The molecule has 0 saturated carbocycles. The molecule has 3 aromatic rings. The number of piperidine rings is 1. The first-order valence-corrected chi connectivity index (χ1v) is 11.2. The molecule has 2 atom stereocenters. The van der Waals surface area contributed by atoms with Crippen molar-refractivity contribution >= 4 is 0 Å². The minimum Gasteiger partial charge on any atom is -0.497 e. The van der Waals surface area contributed by atoms with E-state index in [1.165, 1.54) is 16.7 Å². The second-order valence-electron chi connectivity index (χ2n) is 8.34. The Morgan fingerprint density at radius 1 is 0.903 bits per heavy atom. The molecule has 2 aromatic carbocycles. The summed E-state index contributed by atoms with van der Waals surface area (Å²) in [6, 6.07) is 23.3. The van der Waals surface area contributed by atoms with Gasteiger partial charge in [-0.25, -0.2) is 0 Å². The molecule has 4 heteroatoms. The highest BCUT2D eigenvalue weighted by atomic mass is 16.5. The van der Waals surface area contributed by atoms with E-state index in [0.29, 0.717) is 12.5 Å². The zero-order valence-electron chi connectivity index (χ0n) is 18.3. The summed E-state index contributed by atoms with van der Waals surface area (Å²) in [5.41, 5.74) is 3.93. The van der Waals surface area contributed by atoms with Gasteiger partial charge in [-0.2, -0.15) is 0 Å². The molecule has 0 bridgehead atoms. The van der Waals surface area contributed by atoms with Gasteiger partial charge in [0.15, 0.2) is 0 Å². The standard InChI is InChI=1S/C27H32N2O2/c1-30-26-9-7-23(8-10-26)19-25-20-29(17-13-22-5-3-2-4-6-22)18-14-27(25)31-21-24-11-15-28-16-12-24/h2-12,15-16,25,27H,13-14,17-21H2,1H3/t25-,27-/m1/s1. The number of aromatic nitrogens is 1. The van der Waals surface area contributed by atoms with Crippen LogP contribution >= 0.6 is 0 Å². The van der Waals surface area contributed by atoms with Gasteiger partial charge in [0.05, 0.1) is 19.8 Å². The SMILES string of the molecule is COc1ccc(C[C@@H]2CN(CCc3ccccc3)CC[C@H]2OCc2ccncc2)cc1. The Kier molecular flexibility index (Phi) is 7.70. The second kappa shape index (κ2) is 11.1. The van der Waals surface area contributed by atoms with Crippen molar-refractivity contribution in [1.82, 2.24) is 9.88 Å². The van der Waals surface area contributed by atoms with Crippen LogP contribution in [0.15, 0.2) is 79.1 Å². The summed E-state index contributed by atoms with van der Waals surface area (Å²) in [6.07, 6.45) is 7.12. The molecular formula is C27H32N2O2. The van der Waals surface area contributed by atoms with Crippen LogP contribution in [-0.2, 0) is 24.2 Å². The third-order valence-electron chi connectivity index (χ3n) is 6.18. The molecular weight excluding hydrogens is 384 g/mol. The molecule has 2 heterocycles. The van der Waals surface area contributed by atoms with Gasteiger partial charge in [0, 0.05) is 37.9 Å². The first-order valence-electron chi connectivity index (χ1n) is 11.2. The van der Waals surface area contributed by atoms with Crippen LogP contribution in [0, 0.1) is 5.92 Å². The molecule has 0 aliphatic carbocycles. The molecule has 0 spiro atoms. The predicted molar refractivity (Wildman–Crippen MR) is 124 cm³/mol. The highest BCUT2D eigenvalue weighted by Gasteiger charge is 2.30. The van der Waals surface area contributed by atoms with Crippen LogP contribution in [0.1, 0.15) is 23.1 Å². The summed E-state index contributed by atoms with van der Waals surface area (Å²) in [4.78, 5) is 6.71. The van der Waals surface area contributed by atoms with E-state index in [9.17, 15) is 0 Å². The Balaban J connectivity index is 1.39. The van der Waals surface area contributed by atoms with Crippen LogP contribution < -0.4 is 4.74 Å². The Bertz CT molecular complexity index is 900. The summed E-state index contributed by atoms with van der Waals surface area (Å²) in [6.45, 7) is 3.91. The maximum Gasteiger partial charge on any atom is 0.118 e. The number of ether oxygens (including phenoxy) is 2. The van der Waals surface area contributed by atoms with Crippen LogP contribution in [-0.4, -0.2) is 42.7 Å². The van der Waals surface area contributed by atoms with E-state index in [1.54, 1.807) is 7.11 Å². The van der Waals surface area contributed by atoms with Gasteiger partial charge in [0.25, 0.3) is 0 Å². The Hall–Kier alpha value is -2.69. The molecule has 1 aliphatic rings. The minimum atomic E-state index is 0.267. The number of rotatable bonds is 9. The lowest BCUT2D eigenvalue weighted by Crippen LogP contribution is -2.45. The van der Waals surface area contributed by atoms with Crippen molar-refractivity contribution in [2.24, 2.45) is 5.92 Å². The minimum absolute atomic E-state index is 0.267. The maximum atomic E-state index is 6.43. The number of nitrogens with zero attached hydrogens (tertiary/aromatic N) is 2. The van der Waals surface area contributed by atoms with Crippen LogP contribution in [0.25, 0.3) is 0 Å². The summed E-state index contributed by atoms with van der Waals surface area (Å²) in [7, 11) is 1.71. The third-order valence-corrected chi connectivity index (χ3v) is 6.18. The summed E-state index contributed by atoms with van der Waals surface area (Å²) < 4.78 is 11.8. The van der Waals surface area contributed by atoms with E-state index >= 15 is 0 Å². The van der Waals surface area contributed by atoms with E-state index in [-0.39, 0.29) is 6.10 Å². The lowest BCUT2D eigenvalue weighted by atomic mass is 9.88. The lowest BCUT2D eigenvalue weighted by Gasteiger charge is -2.38. The van der Waals surface area contributed by atoms with Crippen LogP contribution in [0.5, 0.6) is 5.75 Å². The second-order valence-corrected chi connectivity index (χ2v) is 8.34. The summed E-state index contributed by atoms with van der Waals surface area (Å²) in [5.74, 6) is 1.38. The number of pyridine rings is 1. The zero-order valence-corrected chi connectivity index (χ0v) is 18.3. The zero-order chi connectivity index (χ0) is 21.3. The van der Waals surface area contributed by atoms with Gasteiger partial charge in [0.2, 0.25) is 0 Å². The fourth-order valence-electron chi connectivity index (χ4n) is 4.38. The van der Waals surface area contributed by atoms with Gasteiger partial charge in [-0.15, -0.1) is 0 Å². The third kappa shape index (κ3) is 6.39. The van der Waals surface area contributed by atoms with Crippen molar-refractivity contribution < 1.29 is 9.47 Å². The van der Waals surface area contributed by atoms with Gasteiger partial charge >= 0.3 is 0 Å². The molecule has 1 aromatic heterocycles. The molecule has 0 radical (unpaired) electrons. The maximum absolute atomic E-state index is 6.43. The molecule has 1 fully saturated rings. The van der Waals surface area contributed by atoms with Crippen molar-refractivity contribution in [2.45, 2.75) is 32.0 Å². The highest BCUT2D eigenvalue weighted by Crippen LogP contribution is 2.26. The number of benzene rings is 2. The van der Waals surface area contributed by atoms with Gasteiger partial charge in [-0.3, -0.25) is 4.98 Å². The first kappa shape index (κ1) is 21.5. The average Bonchev–Trinajstić information content (AvgIpc) is 2.84. The lowest BCUT2D eigenvalue weighted by molar-refractivity contribution is -0.0418. The predicted octanol–water partition coefficient (Wildman–Crippen LogP) is 4.78. The van der Waals surface area contributed by atoms with Gasteiger partial charge in [-0.05, 0) is 60.2 Å². The fraction of sp³-hybridized carbons (Fsp3) is 0.370. The number of likely N-dealkylation sites (tertiary alicyclic amines) is 1. The average molecular weight is 417 g/mol. The molecule has 0 unspecified atom stereocenters. The van der Waals surface area contributed by atoms with Crippen LogP contribution in [0.4, 0.5) is 0 Å². The van der Waals surface area contributed by atoms with Crippen molar-refractivity contribution in [1.29, 1.82) is 0 Å². The molecule has 1 aliphatic heterocycles. The number of methoxy groups -OCH3 is 1. The van der Waals surface area contributed by atoms with Gasteiger partial charge < -0.3 is 14.4 Å². The van der Waals surface area contributed by atoms with Crippen molar-refractivity contribution in [2.75, 3.05) is 26.7 Å². The molecule has 4 nitrogen and oxygen atoms in total. The summed E-state index contributed by atoms with van der Waals surface area (Å²) in [5, 5.41) is 0. The fourth-order valence-corrected chi connectivity index (χ4v) is 4.38. The Labute approximate surface area is 185 Å². The van der Waals surface area contributed by atoms with Gasteiger partial charge in [0.1, 0.15) is 5.75 Å². The van der Waals surface area contributed by atoms with E-state index in [1.807, 2.05) is 24.5 Å². The van der Waals surface area contributed by atoms with Crippen molar-refractivity contribution in [3.05, 3.63) is 95.8 Å². The molecule has 162 valence electrons. The highest BCUT2D eigenvalue weighted by molar-refractivity contribution is 5.27. The first-order chi connectivity index (χ1) is 15.3. The molecule has 0 amide bonds. The summed E-state index contributed by atoms with van der Waals surface area (Å²) >= 11 is 0. The molecule has 31 heavy (non-hydrogen) atoms. The largest absolute Gasteiger partial charge is 0.497 e. The molecule has 1 saturated heterocycles. The molecule has 4 rings (SSSR count). The Morgan fingerprint density at radius 3 is 2.42 bits per heavy atom. The van der Waals surface area contributed by atoms with Crippen LogP contribution in [0.3, 0.4) is 0 Å². The van der Waals surface area contributed by atoms with E-state index < -0.39 is 0 Å². The Morgan fingerprint density at radius 2 is 1.68 bits per heavy atom. The number of hydrogen-bond donors (Lipinski definition) is 0. The van der Waals surface area contributed by atoms with Crippen molar-refractivity contribution in [3.63, 3.8) is 0 Å². The van der Waals surface area contributed by atoms with E-state index in [2.05, 4.69) is 64.5 Å². The van der Waals surface area contributed by atoms with Crippen molar-refractivity contribution in [3.8, 4) is 5.75 Å². The van der Waals surface area contributed by atoms with Crippen LogP contribution in [0.2, 0.25) is 0 Å². The monoisotopic (exact) mass is 416 g/mol. The van der Waals surface area contributed by atoms with E-state index in [4.69, 9.17) is 9.47 Å². The quantitative estimate of drug-likeness (QED) is 0.503. The smallest absolute Gasteiger partial charge is 0.118 e. The van der Waals surface area contributed by atoms with E-state index in [0.717, 1.165) is 44.6 Å². The normalized spacial score (nSPS) is 19.3.